The van der Waals surface area contributed by atoms with E-state index in [9.17, 15) is 13.2 Å². The van der Waals surface area contributed by atoms with Gasteiger partial charge in [0.15, 0.2) is 0 Å². The number of carbonyl (C=O) groups is 1. The van der Waals surface area contributed by atoms with Gasteiger partial charge in [-0.15, -0.1) is 0 Å². The third-order valence-corrected chi connectivity index (χ3v) is 7.67. The minimum Gasteiger partial charge on any atom is -0.352 e. The molecular weight excluding hydrogens is 384 g/mol. The second-order valence-electron chi connectivity index (χ2n) is 8.27. The number of hydrogen-bond donors (Lipinski definition) is 2. The first-order valence-electron chi connectivity index (χ1n) is 10.4. The lowest BCUT2D eigenvalue weighted by Crippen LogP contribution is -2.41. The van der Waals surface area contributed by atoms with E-state index in [1.807, 2.05) is 0 Å². The summed E-state index contributed by atoms with van der Waals surface area (Å²) in [4.78, 5) is 13.0. The Morgan fingerprint density at radius 3 is 2.07 bits per heavy atom. The Morgan fingerprint density at radius 2 is 1.45 bits per heavy atom. The molecule has 5 nitrogen and oxygen atoms in total. The van der Waals surface area contributed by atoms with Gasteiger partial charge in [0.05, 0.1) is 4.90 Å². The summed E-state index contributed by atoms with van der Waals surface area (Å²) in [5, 5.41) is 3.24. The molecule has 154 valence electrons. The van der Waals surface area contributed by atoms with Gasteiger partial charge in [0, 0.05) is 18.5 Å². The van der Waals surface area contributed by atoms with E-state index in [0.717, 1.165) is 38.5 Å². The molecule has 0 heterocycles. The Morgan fingerprint density at radius 1 is 0.862 bits per heavy atom. The first kappa shape index (κ1) is 20.1. The molecule has 0 unspecified atom stereocenters. The number of carbonyl (C=O) groups excluding carboxylic acids is 1. The average Bonchev–Trinajstić information content (AvgIpc) is 3.15. The topological polar surface area (TPSA) is 75.3 Å². The first-order valence-corrected chi connectivity index (χ1v) is 11.9. The Hall–Kier alpha value is -2.18. The summed E-state index contributed by atoms with van der Waals surface area (Å²) in [7, 11) is -3.46. The van der Waals surface area contributed by atoms with Crippen LogP contribution in [0.5, 0.6) is 0 Å². The minimum absolute atomic E-state index is 0.0423. The lowest BCUT2D eigenvalue weighted by molar-refractivity contribution is -0.126. The maximum absolute atomic E-state index is 12.7. The molecule has 2 aliphatic carbocycles. The second-order valence-corrected chi connectivity index (χ2v) is 10.0. The molecule has 0 aliphatic heterocycles. The van der Waals surface area contributed by atoms with Crippen molar-refractivity contribution in [3.05, 3.63) is 65.7 Å². The second kappa shape index (κ2) is 8.67. The van der Waals surface area contributed by atoms with Crippen molar-refractivity contribution in [1.82, 2.24) is 10.0 Å². The molecule has 4 rings (SSSR count). The van der Waals surface area contributed by atoms with Crippen molar-refractivity contribution in [3.8, 4) is 0 Å². The van der Waals surface area contributed by atoms with Crippen molar-refractivity contribution in [1.29, 1.82) is 0 Å². The third kappa shape index (κ3) is 4.87. The molecule has 6 heteroatoms. The molecule has 0 radical (unpaired) electrons. The van der Waals surface area contributed by atoms with Gasteiger partial charge in [0.1, 0.15) is 0 Å². The van der Waals surface area contributed by atoms with Crippen molar-refractivity contribution in [2.45, 2.75) is 49.5 Å². The largest absolute Gasteiger partial charge is 0.352 e. The molecule has 1 fully saturated rings. The zero-order valence-electron chi connectivity index (χ0n) is 16.5. The smallest absolute Gasteiger partial charge is 0.240 e. The van der Waals surface area contributed by atoms with Crippen molar-refractivity contribution in [3.63, 3.8) is 0 Å². The van der Waals surface area contributed by atoms with E-state index in [-0.39, 0.29) is 23.8 Å². The van der Waals surface area contributed by atoms with Gasteiger partial charge >= 0.3 is 0 Å². The molecule has 2 aliphatic rings. The molecule has 0 atom stereocenters. The zero-order valence-corrected chi connectivity index (χ0v) is 17.3. The maximum atomic E-state index is 12.7. The molecule has 0 bridgehead atoms. The van der Waals surface area contributed by atoms with Gasteiger partial charge in [-0.25, -0.2) is 13.1 Å². The van der Waals surface area contributed by atoms with Crippen LogP contribution in [0.25, 0.3) is 0 Å². The van der Waals surface area contributed by atoms with Crippen LogP contribution in [0.1, 0.15) is 36.8 Å². The lowest BCUT2D eigenvalue weighted by Gasteiger charge is -2.28. The first-order chi connectivity index (χ1) is 14.0. The number of fused-ring (bicyclic) bond motifs is 1. The predicted molar refractivity (Wildman–Crippen MR) is 113 cm³/mol. The molecule has 0 spiro atoms. The van der Waals surface area contributed by atoms with Crippen LogP contribution in [0.2, 0.25) is 0 Å². The normalized spacial score (nSPS) is 22.2. The van der Waals surface area contributed by atoms with Crippen LogP contribution in [-0.2, 0) is 27.7 Å². The fourth-order valence-corrected chi connectivity index (χ4v) is 5.66. The fraction of sp³-hybridized carbons (Fsp3) is 0.435. The quantitative estimate of drug-likeness (QED) is 0.766. The summed E-state index contributed by atoms with van der Waals surface area (Å²) in [6, 6.07) is 17.0. The van der Waals surface area contributed by atoms with Crippen LogP contribution in [0, 0.1) is 11.8 Å². The van der Waals surface area contributed by atoms with E-state index in [1.54, 1.807) is 30.3 Å². The number of sulfonamides is 1. The molecule has 0 aromatic heterocycles. The predicted octanol–water partition coefficient (Wildman–Crippen LogP) is 3.05. The van der Waals surface area contributed by atoms with E-state index in [0.29, 0.717) is 11.4 Å². The molecule has 29 heavy (non-hydrogen) atoms. The average molecular weight is 413 g/mol. The summed E-state index contributed by atoms with van der Waals surface area (Å²) in [6.45, 7) is 0.434. The van der Waals surface area contributed by atoms with Crippen molar-refractivity contribution in [2.75, 3.05) is 6.54 Å². The van der Waals surface area contributed by atoms with Crippen LogP contribution < -0.4 is 10.0 Å². The maximum Gasteiger partial charge on any atom is 0.240 e. The van der Waals surface area contributed by atoms with Gasteiger partial charge in [-0.05, 0) is 67.7 Å². The monoisotopic (exact) mass is 412 g/mol. The van der Waals surface area contributed by atoms with Gasteiger partial charge in [0.2, 0.25) is 15.9 Å². The minimum atomic E-state index is -3.46. The summed E-state index contributed by atoms with van der Waals surface area (Å²) in [6.07, 6.45) is 5.23. The molecule has 2 N–H and O–H groups in total. The van der Waals surface area contributed by atoms with Gasteiger partial charge in [-0.1, -0.05) is 42.5 Å². The van der Waals surface area contributed by atoms with Gasteiger partial charge in [0.25, 0.3) is 0 Å². The number of benzene rings is 2. The van der Waals surface area contributed by atoms with E-state index in [1.165, 1.54) is 11.1 Å². The number of nitrogens with one attached hydrogen (secondary N) is 2. The van der Waals surface area contributed by atoms with Gasteiger partial charge in [-0.3, -0.25) is 4.79 Å². The summed E-state index contributed by atoms with van der Waals surface area (Å²) >= 11 is 0. The number of amides is 1. The van der Waals surface area contributed by atoms with E-state index >= 15 is 0 Å². The van der Waals surface area contributed by atoms with Crippen molar-refractivity contribution in [2.24, 2.45) is 11.8 Å². The van der Waals surface area contributed by atoms with Gasteiger partial charge < -0.3 is 5.32 Å². The Labute approximate surface area is 173 Å². The van der Waals surface area contributed by atoms with E-state index < -0.39 is 10.0 Å². The van der Waals surface area contributed by atoms with Crippen LogP contribution in [-0.4, -0.2) is 26.9 Å². The summed E-state index contributed by atoms with van der Waals surface area (Å²) in [5.74, 6) is 0.486. The highest BCUT2D eigenvalue weighted by molar-refractivity contribution is 7.89. The van der Waals surface area contributed by atoms with Crippen molar-refractivity contribution >= 4 is 15.9 Å². The molecule has 2 aromatic rings. The lowest BCUT2D eigenvalue weighted by atomic mass is 9.81. The zero-order chi connectivity index (χ0) is 20.3. The summed E-state index contributed by atoms with van der Waals surface area (Å²) in [5.41, 5.74) is 2.68. The van der Waals surface area contributed by atoms with Crippen LogP contribution in [0.15, 0.2) is 59.5 Å². The number of rotatable bonds is 6. The SMILES string of the molecule is O=C(NC1Cc2ccccc2C1)C1CCC(CNS(=O)(=O)c2ccccc2)CC1. The highest BCUT2D eigenvalue weighted by Gasteiger charge is 2.30. The molecule has 1 amide bonds. The van der Waals surface area contributed by atoms with Gasteiger partial charge in [-0.2, -0.15) is 0 Å². The molecule has 1 saturated carbocycles. The standard InChI is InChI=1S/C23H28N2O3S/c26-23(25-21-14-19-6-4-5-7-20(19)15-21)18-12-10-17(11-13-18)16-24-29(27,28)22-8-2-1-3-9-22/h1-9,17-18,21,24H,10-16H2,(H,25,26). The Bertz CT molecular complexity index is 926. The highest BCUT2D eigenvalue weighted by Crippen LogP contribution is 2.30. The van der Waals surface area contributed by atoms with E-state index in [4.69, 9.17) is 0 Å². The Kier molecular flexibility index (Phi) is 6.01. The van der Waals surface area contributed by atoms with Crippen molar-refractivity contribution < 1.29 is 13.2 Å². The number of hydrogen-bond acceptors (Lipinski definition) is 3. The molecule has 0 saturated heterocycles. The summed E-state index contributed by atoms with van der Waals surface area (Å²) < 4.78 is 27.4. The molecule has 2 aromatic carbocycles. The Balaban J connectivity index is 1.22. The van der Waals surface area contributed by atoms with E-state index in [2.05, 4.69) is 34.3 Å². The highest BCUT2D eigenvalue weighted by atomic mass is 32.2. The van der Waals surface area contributed by atoms with Crippen LogP contribution in [0.3, 0.4) is 0 Å². The fourth-order valence-electron chi connectivity index (χ4n) is 4.52. The van der Waals surface area contributed by atoms with Crippen LogP contribution >= 0.6 is 0 Å². The molecular formula is C23H28N2O3S. The third-order valence-electron chi connectivity index (χ3n) is 6.23. The van der Waals surface area contributed by atoms with Crippen LogP contribution in [0.4, 0.5) is 0 Å².